The molecular formula is C21H23ClN2O3. The largest absolute Gasteiger partial charge is 0.383 e. The number of hydrogen-bond donors (Lipinski definition) is 1. The summed E-state index contributed by atoms with van der Waals surface area (Å²) in [5.41, 5.74) is 2.54. The summed E-state index contributed by atoms with van der Waals surface area (Å²) in [6, 6.07) is 14.1. The van der Waals surface area contributed by atoms with Gasteiger partial charge in [-0.1, -0.05) is 48.0 Å². The van der Waals surface area contributed by atoms with E-state index in [1.165, 1.54) is 0 Å². The lowest BCUT2D eigenvalue weighted by molar-refractivity contribution is -0.127. The zero-order chi connectivity index (χ0) is 19.4. The van der Waals surface area contributed by atoms with Gasteiger partial charge in [-0.2, -0.15) is 0 Å². The summed E-state index contributed by atoms with van der Waals surface area (Å²) in [6.07, 6.45) is 0.470. The molecule has 2 aromatic rings. The Labute approximate surface area is 164 Å². The van der Waals surface area contributed by atoms with E-state index in [1.54, 1.807) is 36.3 Å². The van der Waals surface area contributed by atoms with Crippen LogP contribution in [0.25, 0.3) is 0 Å². The van der Waals surface area contributed by atoms with Crippen molar-refractivity contribution >= 4 is 23.4 Å². The van der Waals surface area contributed by atoms with Gasteiger partial charge in [0, 0.05) is 26.1 Å². The monoisotopic (exact) mass is 386 g/mol. The Kier molecular flexibility index (Phi) is 6.14. The minimum atomic E-state index is -0.594. The molecule has 0 aliphatic carbocycles. The molecule has 0 saturated heterocycles. The molecule has 3 rings (SSSR count). The van der Waals surface area contributed by atoms with Crippen LogP contribution in [0.4, 0.5) is 0 Å². The fourth-order valence-corrected chi connectivity index (χ4v) is 3.61. The number of nitrogens with one attached hydrogen (secondary N) is 1. The zero-order valence-corrected chi connectivity index (χ0v) is 16.2. The van der Waals surface area contributed by atoms with Crippen LogP contribution >= 0.6 is 11.6 Å². The standard InChI is InChI=1S/C21H23ClN2O3/c1-14(13-27-2)23-20(25)19-11-15-7-3-4-8-16(15)12-24(19)21(26)17-9-5-6-10-18(17)22/h3-10,14,19H,11-13H2,1-2H3,(H,23,25). The molecule has 27 heavy (non-hydrogen) atoms. The summed E-state index contributed by atoms with van der Waals surface area (Å²) < 4.78 is 5.09. The molecule has 0 aromatic heterocycles. The quantitative estimate of drug-likeness (QED) is 0.859. The fourth-order valence-electron chi connectivity index (χ4n) is 3.39. The molecule has 142 valence electrons. The number of amides is 2. The Morgan fingerprint density at radius 2 is 1.85 bits per heavy atom. The van der Waals surface area contributed by atoms with Crippen LogP contribution in [0.5, 0.6) is 0 Å². The van der Waals surface area contributed by atoms with E-state index in [4.69, 9.17) is 16.3 Å². The SMILES string of the molecule is COCC(C)NC(=O)C1Cc2ccccc2CN1C(=O)c1ccccc1Cl. The van der Waals surface area contributed by atoms with Crippen molar-refractivity contribution in [2.45, 2.75) is 32.0 Å². The van der Waals surface area contributed by atoms with Gasteiger partial charge in [-0.15, -0.1) is 0 Å². The molecule has 1 heterocycles. The summed E-state index contributed by atoms with van der Waals surface area (Å²) in [5.74, 6) is -0.427. The van der Waals surface area contributed by atoms with Crippen molar-refractivity contribution in [1.82, 2.24) is 10.2 Å². The number of benzene rings is 2. The average Bonchev–Trinajstić information content (AvgIpc) is 2.67. The Bertz CT molecular complexity index is 840. The van der Waals surface area contributed by atoms with Crippen molar-refractivity contribution in [3.63, 3.8) is 0 Å². The molecular weight excluding hydrogens is 364 g/mol. The first-order chi connectivity index (χ1) is 13.0. The minimum absolute atomic E-state index is 0.142. The normalized spacial score (nSPS) is 17.1. The molecule has 0 spiro atoms. The summed E-state index contributed by atoms with van der Waals surface area (Å²) in [4.78, 5) is 27.7. The molecule has 0 fully saturated rings. The predicted molar refractivity (Wildman–Crippen MR) is 105 cm³/mol. The third kappa shape index (κ3) is 4.31. The highest BCUT2D eigenvalue weighted by molar-refractivity contribution is 6.33. The van der Waals surface area contributed by atoms with E-state index in [0.717, 1.165) is 11.1 Å². The number of methoxy groups -OCH3 is 1. The maximum Gasteiger partial charge on any atom is 0.256 e. The molecule has 0 radical (unpaired) electrons. The van der Waals surface area contributed by atoms with Crippen molar-refractivity contribution in [1.29, 1.82) is 0 Å². The van der Waals surface area contributed by atoms with Crippen LogP contribution in [0.1, 0.15) is 28.4 Å². The minimum Gasteiger partial charge on any atom is -0.383 e. The van der Waals surface area contributed by atoms with E-state index in [-0.39, 0.29) is 17.9 Å². The molecule has 6 heteroatoms. The second kappa shape index (κ2) is 8.55. The first-order valence-corrected chi connectivity index (χ1v) is 9.30. The van der Waals surface area contributed by atoms with E-state index in [9.17, 15) is 9.59 Å². The first-order valence-electron chi connectivity index (χ1n) is 8.93. The van der Waals surface area contributed by atoms with E-state index >= 15 is 0 Å². The molecule has 2 amide bonds. The average molecular weight is 387 g/mol. The van der Waals surface area contributed by atoms with Gasteiger partial charge in [0.2, 0.25) is 5.91 Å². The molecule has 0 saturated carbocycles. The smallest absolute Gasteiger partial charge is 0.256 e. The van der Waals surface area contributed by atoms with Gasteiger partial charge in [0.25, 0.3) is 5.91 Å². The second-order valence-electron chi connectivity index (χ2n) is 6.77. The number of fused-ring (bicyclic) bond motifs is 1. The van der Waals surface area contributed by atoms with Gasteiger partial charge < -0.3 is 15.0 Å². The highest BCUT2D eigenvalue weighted by atomic mass is 35.5. The lowest BCUT2D eigenvalue weighted by Gasteiger charge is -2.36. The van der Waals surface area contributed by atoms with Gasteiger partial charge in [0.1, 0.15) is 6.04 Å². The Balaban J connectivity index is 1.91. The maximum absolute atomic E-state index is 13.2. The van der Waals surface area contributed by atoms with Crippen LogP contribution in [0.2, 0.25) is 5.02 Å². The second-order valence-corrected chi connectivity index (χ2v) is 7.17. The molecule has 5 nitrogen and oxygen atoms in total. The summed E-state index contributed by atoms with van der Waals surface area (Å²) in [5, 5.41) is 3.32. The van der Waals surface area contributed by atoms with Gasteiger partial charge in [-0.05, 0) is 30.2 Å². The molecule has 0 bridgehead atoms. The van der Waals surface area contributed by atoms with Crippen LogP contribution < -0.4 is 5.32 Å². The molecule has 2 aromatic carbocycles. The predicted octanol–water partition coefficient (Wildman–Crippen LogP) is 3.06. The van der Waals surface area contributed by atoms with Crippen molar-refractivity contribution < 1.29 is 14.3 Å². The van der Waals surface area contributed by atoms with E-state index in [0.29, 0.717) is 30.2 Å². The molecule has 2 atom stereocenters. The lowest BCUT2D eigenvalue weighted by atomic mass is 9.92. The Hall–Kier alpha value is -2.37. The maximum atomic E-state index is 13.2. The Morgan fingerprint density at radius 1 is 1.19 bits per heavy atom. The number of ether oxygens (including phenoxy) is 1. The molecule has 1 N–H and O–H groups in total. The van der Waals surface area contributed by atoms with Crippen LogP contribution in [0, 0.1) is 0 Å². The molecule has 1 aliphatic heterocycles. The van der Waals surface area contributed by atoms with Gasteiger partial charge >= 0.3 is 0 Å². The summed E-state index contributed by atoms with van der Waals surface area (Å²) in [6.45, 7) is 2.66. The van der Waals surface area contributed by atoms with Crippen LogP contribution in [-0.2, 0) is 22.5 Å². The van der Waals surface area contributed by atoms with Crippen LogP contribution in [0.15, 0.2) is 48.5 Å². The van der Waals surface area contributed by atoms with Gasteiger partial charge in [0.15, 0.2) is 0 Å². The number of rotatable bonds is 5. The third-order valence-corrected chi connectivity index (χ3v) is 5.05. The van der Waals surface area contributed by atoms with Crippen LogP contribution in [-0.4, -0.2) is 42.5 Å². The van der Waals surface area contributed by atoms with Gasteiger partial charge in [-0.25, -0.2) is 0 Å². The number of hydrogen-bond acceptors (Lipinski definition) is 3. The van der Waals surface area contributed by atoms with Crippen molar-refractivity contribution in [3.8, 4) is 0 Å². The van der Waals surface area contributed by atoms with E-state index in [2.05, 4.69) is 5.32 Å². The van der Waals surface area contributed by atoms with E-state index in [1.807, 2.05) is 31.2 Å². The fraction of sp³-hybridized carbons (Fsp3) is 0.333. The lowest BCUT2D eigenvalue weighted by Crippen LogP contribution is -2.54. The number of nitrogens with zero attached hydrogens (tertiary/aromatic N) is 1. The van der Waals surface area contributed by atoms with Crippen LogP contribution in [0.3, 0.4) is 0 Å². The van der Waals surface area contributed by atoms with Crippen molar-refractivity contribution in [2.24, 2.45) is 0 Å². The third-order valence-electron chi connectivity index (χ3n) is 4.72. The van der Waals surface area contributed by atoms with Gasteiger partial charge in [-0.3, -0.25) is 9.59 Å². The summed E-state index contributed by atoms with van der Waals surface area (Å²) >= 11 is 6.23. The first kappa shape index (κ1) is 19.4. The summed E-state index contributed by atoms with van der Waals surface area (Å²) in [7, 11) is 1.59. The van der Waals surface area contributed by atoms with Crippen molar-refractivity contribution in [3.05, 3.63) is 70.2 Å². The molecule has 1 aliphatic rings. The van der Waals surface area contributed by atoms with Gasteiger partial charge in [0.05, 0.1) is 17.2 Å². The number of halogens is 1. The Morgan fingerprint density at radius 3 is 2.56 bits per heavy atom. The topological polar surface area (TPSA) is 58.6 Å². The highest BCUT2D eigenvalue weighted by Crippen LogP contribution is 2.27. The van der Waals surface area contributed by atoms with Crippen molar-refractivity contribution in [2.75, 3.05) is 13.7 Å². The number of carbonyl (C=O) groups excluding carboxylic acids is 2. The zero-order valence-electron chi connectivity index (χ0n) is 15.4. The van der Waals surface area contributed by atoms with E-state index < -0.39 is 6.04 Å². The highest BCUT2D eigenvalue weighted by Gasteiger charge is 2.35. The number of carbonyl (C=O) groups is 2. The molecule has 2 unspecified atom stereocenters.